The number of rotatable bonds is 4. The van der Waals surface area contributed by atoms with Gasteiger partial charge in [-0.25, -0.2) is 0 Å². The lowest BCUT2D eigenvalue weighted by Gasteiger charge is -1.99. The Morgan fingerprint density at radius 1 is 1.33 bits per heavy atom. The zero-order chi connectivity index (χ0) is 11.3. The van der Waals surface area contributed by atoms with Crippen molar-refractivity contribution in [3.63, 3.8) is 0 Å². The van der Waals surface area contributed by atoms with Gasteiger partial charge in [0.2, 0.25) is 0 Å². The van der Waals surface area contributed by atoms with E-state index in [1.54, 1.807) is 31.4 Å². The van der Waals surface area contributed by atoms with Gasteiger partial charge in [0, 0.05) is 28.0 Å². The van der Waals surface area contributed by atoms with Crippen molar-refractivity contribution >= 4 is 16.6 Å². The van der Waals surface area contributed by atoms with Gasteiger partial charge in [-0.1, -0.05) is 0 Å². The lowest BCUT2D eigenvalue weighted by molar-refractivity contribution is 0.104. The van der Waals surface area contributed by atoms with Gasteiger partial charge in [-0.15, -0.1) is 0 Å². The van der Waals surface area contributed by atoms with Crippen molar-refractivity contribution in [1.29, 1.82) is 0 Å². The molecule has 1 rings (SSSR count). The standard InChI is InChI=1S/C11H12O3S/c1-14-10-5-3-9(4-6-10)11(12)7-8-15(2)13/h3-8H,1-2H3/b8-7+. The molecule has 0 saturated heterocycles. The first-order valence-corrected chi connectivity index (χ1v) is 5.94. The van der Waals surface area contributed by atoms with E-state index >= 15 is 0 Å². The average molecular weight is 224 g/mol. The van der Waals surface area contributed by atoms with E-state index in [-0.39, 0.29) is 5.78 Å². The van der Waals surface area contributed by atoms with Crippen LogP contribution in [0.15, 0.2) is 35.7 Å². The number of ketones is 1. The van der Waals surface area contributed by atoms with Crippen molar-refractivity contribution in [2.75, 3.05) is 13.4 Å². The first kappa shape index (κ1) is 11.7. The SMILES string of the molecule is COc1ccc(C(=O)/C=C/S(C)=O)cc1. The smallest absolute Gasteiger partial charge is 0.186 e. The molecule has 0 spiro atoms. The van der Waals surface area contributed by atoms with Crippen LogP contribution in [0.2, 0.25) is 0 Å². The van der Waals surface area contributed by atoms with Gasteiger partial charge in [0.05, 0.1) is 7.11 Å². The molecule has 1 atom stereocenters. The highest BCUT2D eigenvalue weighted by molar-refractivity contribution is 7.87. The number of ether oxygens (including phenoxy) is 1. The van der Waals surface area contributed by atoms with E-state index in [4.69, 9.17) is 4.74 Å². The molecule has 1 aromatic carbocycles. The van der Waals surface area contributed by atoms with Gasteiger partial charge in [0.15, 0.2) is 5.78 Å². The third kappa shape index (κ3) is 3.67. The first-order valence-electron chi connectivity index (χ1n) is 4.32. The number of hydrogen-bond donors (Lipinski definition) is 0. The molecule has 0 aromatic heterocycles. The summed E-state index contributed by atoms with van der Waals surface area (Å²) in [6.07, 6.45) is 2.83. The van der Waals surface area contributed by atoms with Crippen molar-refractivity contribution in [2.45, 2.75) is 0 Å². The summed E-state index contributed by atoms with van der Waals surface area (Å²) in [5, 5.41) is 1.37. The number of allylic oxidation sites excluding steroid dienone is 1. The Hall–Kier alpha value is -1.42. The maximum absolute atomic E-state index is 11.5. The summed E-state index contributed by atoms with van der Waals surface area (Å²) in [6.45, 7) is 0. The summed E-state index contributed by atoms with van der Waals surface area (Å²) in [5.41, 5.74) is 0.553. The normalized spacial score (nSPS) is 12.7. The van der Waals surface area contributed by atoms with Crippen molar-refractivity contribution in [2.24, 2.45) is 0 Å². The number of carbonyl (C=O) groups excluding carboxylic acids is 1. The Morgan fingerprint density at radius 2 is 1.93 bits per heavy atom. The Bertz CT molecular complexity index is 393. The number of carbonyl (C=O) groups is 1. The topological polar surface area (TPSA) is 43.4 Å². The third-order valence-electron chi connectivity index (χ3n) is 1.79. The lowest BCUT2D eigenvalue weighted by atomic mass is 10.1. The van der Waals surface area contributed by atoms with Gasteiger partial charge in [0.1, 0.15) is 5.75 Å². The summed E-state index contributed by atoms with van der Waals surface area (Å²) >= 11 is 0. The molecule has 0 aliphatic carbocycles. The fraction of sp³-hybridized carbons (Fsp3) is 0.182. The molecular weight excluding hydrogens is 212 g/mol. The van der Waals surface area contributed by atoms with Crippen LogP contribution < -0.4 is 4.74 Å². The second-order valence-electron chi connectivity index (χ2n) is 2.89. The molecule has 3 nitrogen and oxygen atoms in total. The molecular formula is C11H12O3S. The fourth-order valence-electron chi connectivity index (χ4n) is 1.01. The van der Waals surface area contributed by atoms with E-state index in [1.807, 2.05) is 0 Å². The van der Waals surface area contributed by atoms with Crippen molar-refractivity contribution in [3.05, 3.63) is 41.3 Å². The zero-order valence-corrected chi connectivity index (χ0v) is 9.41. The minimum atomic E-state index is -1.09. The predicted octanol–water partition coefficient (Wildman–Crippen LogP) is 1.77. The summed E-state index contributed by atoms with van der Waals surface area (Å²) in [5.74, 6) is 0.544. The monoisotopic (exact) mass is 224 g/mol. The molecule has 0 bridgehead atoms. The molecule has 0 amide bonds. The molecule has 0 fully saturated rings. The van der Waals surface area contributed by atoms with Gasteiger partial charge in [-0.05, 0) is 30.3 Å². The van der Waals surface area contributed by atoms with Crippen LogP contribution in [-0.2, 0) is 10.8 Å². The van der Waals surface area contributed by atoms with Gasteiger partial charge in [-0.3, -0.25) is 9.00 Å². The molecule has 4 heteroatoms. The fourth-order valence-corrected chi connectivity index (χ4v) is 1.32. The Kier molecular flexibility index (Phi) is 4.24. The minimum absolute atomic E-state index is 0.159. The maximum Gasteiger partial charge on any atom is 0.186 e. The van der Waals surface area contributed by atoms with Crippen LogP contribution in [-0.4, -0.2) is 23.4 Å². The van der Waals surface area contributed by atoms with Crippen molar-refractivity contribution in [3.8, 4) is 5.75 Å². The van der Waals surface area contributed by atoms with Crippen LogP contribution in [0.1, 0.15) is 10.4 Å². The van der Waals surface area contributed by atoms with Crippen LogP contribution in [0.4, 0.5) is 0 Å². The van der Waals surface area contributed by atoms with Crippen LogP contribution in [0.25, 0.3) is 0 Å². The molecule has 1 aromatic rings. The Labute approximate surface area is 91.2 Å². The van der Waals surface area contributed by atoms with Gasteiger partial charge in [0.25, 0.3) is 0 Å². The second-order valence-corrected chi connectivity index (χ2v) is 4.16. The van der Waals surface area contributed by atoms with E-state index < -0.39 is 10.8 Å². The van der Waals surface area contributed by atoms with Gasteiger partial charge < -0.3 is 4.74 Å². The highest BCUT2D eigenvalue weighted by Gasteiger charge is 2.01. The summed E-state index contributed by atoms with van der Waals surface area (Å²) in [4.78, 5) is 11.5. The molecule has 0 heterocycles. The molecule has 0 radical (unpaired) electrons. The molecule has 0 aliphatic heterocycles. The highest BCUT2D eigenvalue weighted by Crippen LogP contribution is 2.11. The molecule has 15 heavy (non-hydrogen) atoms. The quantitative estimate of drug-likeness (QED) is 0.578. The molecule has 0 saturated carbocycles. The first-order chi connectivity index (χ1) is 7.13. The van der Waals surface area contributed by atoms with Crippen LogP contribution >= 0.6 is 0 Å². The van der Waals surface area contributed by atoms with Crippen molar-refractivity contribution < 1.29 is 13.7 Å². The summed E-state index contributed by atoms with van der Waals surface area (Å²) < 4.78 is 15.7. The number of benzene rings is 1. The largest absolute Gasteiger partial charge is 0.497 e. The number of methoxy groups -OCH3 is 1. The van der Waals surface area contributed by atoms with E-state index in [2.05, 4.69) is 0 Å². The van der Waals surface area contributed by atoms with Crippen molar-refractivity contribution in [1.82, 2.24) is 0 Å². The average Bonchev–Trinajstić information content (AvgIpc) is 2.26. The zero-order valence-electron chi connectivity index (χ0n) is 8.60. The molecule has 1 unspecified atom stereocenters. The van der Waals surface area contributed by atoms with Crippen LogP contribution in [0.5, 0.6) is 5.75 Å². The minimum Gasteiger partial charge on any atom is -0.497 e. The van der Waals surface area contributed by atoms with Crippen LogP contribution in [0, 0.1) is 0 Å². The van der Waals surface area contributed by atoms with E-state index in [0.717, 1.165) is 0 Å². The third-order valence-corrected chi connectivity index (χ3v) is 2.30. The van der Waals surface area contributed by atoms with Gasteiger partial charge in [-0.2, -0.15) is 0 Å². The Morgan fingerprint density at radius 3 is 2.40 bits per heavy atom. The van der Waals surface area contributed by atoms with Crippen LogP contribution in [0.3, 0.4) is 0 Å². The summed E-state index contributed by atoms with van der Waals surface area (Å²) in [6, 6.07) is 6.77. The Balaban J connectivity index is 2.79. The molecule has 0 N–H and O–H groups in total. The van der Waals surface area contributed by atoms with E-state index in [0.29, 0.717) is 11.3 Å². The number of hydrogen-bond acceptors (Lipinski definition) is 3. The van der Waals surface area contributed by atoms with Gasteiger partial charge >= 0.3 is 0 Å². The second kappa shape index (κ2) is 5.46. The predicted molar refractivity (Wildman–Crippen MR) is 60.5 cm³/mol. The van der Waals surface area contributed by atoms with E-state index in [1.165, 1.54) is 17.7 Å². The van der Waals surface area contributed by atoms with E-state index in [9.17, 15) is 9.00 Å². The summed E-state index contributed by atoms with van der Waals surface area (Å²) in [7, 11) is 0.474. The highest BCUT2D eigenvalue weighted by atomic mass is 32.2. The molecule has 80 valence electrons. The maximum atomic E-state index is 11.5. The molecule has 0 aliphatic rings. The lowest BCUT2D eigenvalue weighted by Crippen LogP contribution is -1.94.